The molecule has 6 nitrogen and oxygen atoms in total. The first-order chi connectivity index (χ1) is 9.94. The fourth-order valence-corrected chi connectivity index (χ4v) is 3.10. The normalized spacial score (nSPS) is 11.8. The minimum absolute atomic E-state index is 0.183. The molecule has 114 valence electrons. The minimum atomic E-state index is -3.59. The molecule has 0 saturated heterocycles. The van der Waals surface area contributed by atoms with Gasteiger partial charge in [-0.05, 0) is 36.9 Å². The molecule has 0 saturated carbocycles. The van der Waals surface area contributed by atoms with E-state index >= 15 is 0 Å². The van der Waals surface area contributed by atoms with Crippen LogP contribution in [0.25, 0.3) is 0 Å². The molecule has 1 aromatic heterocycles. The van der Waals surface area contributed by atoms with E-state index in [1.165, 1.54) is 6.07 Å². The molecule has 0 unspecified atom stereocenters. The zero-order chi connectivity index (χ0) is 15.5. The Kier molecular flexibility index (Phi) is 5.00. The highest BCUT2D eigenvalue weighted by Gasteiger charge is 2.16. The van der Waals surface area contributed by atoms with Gasteiger partial charge in [0, 0.05) is 24.8 Å². The standard InChI is InChI=1S/C13H17ClN4O2S/c1-15-8-10-7-12(3-4-13(10)14)21(19,20)17-9-11-5-6-16-18(11)2/h3-7,15,17H,8-9H2,1-2H3. The van der Waals surface area contributed by atoms with E-state index in [1.807, 2.05) is 0 Å². The average Bonchev–Trinajstić information content (AvgIpc) is 2.85. The van der Waals surface area contributed by atoms with E-state index in [4.69, 9.17) is 11.6 Å². The number of halogens is 1. The second-order valence-electron chi connectivity index (χ2n) is 4.55. The fraction of sp³-hybridized carbons (Fsp3) is 0.308. The van der Waals surface area contributed by atoms with Gasteiger partial charge < -0.3 is 5.32 Å². The summed E-state index contributed by atoms with van der Waals surface area (Å²) in [6.45, 7) is 0.687. The van der Waals surface area contributed by atoms with Gasteiger partial charge in [-0.3, -0.25) is 4.68 Å². The van der Waals surface area contributed by atoms with Gasteiger partial charge in [-0.25, -0.2) is 13.1 Å². The van der Waals surface area contributed by atoms with Crippen molar-refractivity contribution in [1.29, 1.82) is 0 Å². The zero-order valence-corrected chi connectivity index (χ0v) is 13.4. The summed E-state index contributed by atoms with van der Waals surface area (Å²) in [5.74, 6) is 0. The van der Waals surface area contributed by atoms with Gasteiger partial charge in [0.2, 0.25) is 10.0 Å². The van der Waals surface area contributed by atoms with Crippen LogP contribution in [0.1, 0.15) is 11.3 Å². The van der Waals surface area contributed by atoms with Crippen molar-refractivity contribution in [2.75, 3.05) is 7.05 Å². The van der Waals surface area contributed by atoms with Crippen molar-refractivity contribution in [1.82, 2.24) is 19.8 Å². The van der Waals surface area contributed by atoms with Gasteiger partial charge in [-0.2, -0.15) is 5.10 Å². The Morgan fingerprint density at radius 3 is 2.67 bits per heavy atom. The third-order valence-electron chi connectivity index (χ3n) is 3.06. The first kappa shape index (κ1) is 16.0. The van der Waals surface area contributed by atoms with Crippen LogP contribution in [0.3, 0.4) is 0 Å². The third-order valence-corrected chi connectivity index (χ3v) is 4.83. The molecule has 8 heteroatoms. The van der Waals surface area contributed by atoms with Crippen LogP contribution >= 0.6 is 11.6 Å². The van der Waals surface area contributed by atoms with E-state index in [-0.39, 0.29) is 11.4 Å². The largest absolute Gasteiger partial charge is 0.316 e. The molecule has 0 aliphatic rings. The second-order valence-corrected chi connectivity index (χ2v) is 6.73. The zero-order valence-electron chi connectivity index (χ0n) is 11.8. The van der Waals surface area contributed by atoms with Crippen LogP contribution in [-0.2, 0) is 30.2 Å². The van der Waals surface area contributed by atoms with Crippen LogP contribution < -0.4 is 10.0 Å². The predicted octanol–water partition coefficient (Wildman–Crippen LogP) is 1.27. The number of benzene rings is 1. The van der Waals surface area contributed by atoms with Gasteiger partial charge in [0.15, 0.2) is 0 Å². The molecular weight excluding hydrogens is 312 g/mol. The number of hydrogen-bond acceptors (Lipinski definition) is 4. The average molecular weight is 329 g/mol. The minimum Gasteiger partial charge on any atom is -0.316 e. The second kappa shape index (κ2) is 6.57. The highest BCUT2D eigenvalue weighted by molar-refractivity contribution is 7.89. The van der Waals surface area contributed by atoms with Crippen LogP contribution in [0.4, 0.5) is 0 Å². The number of rotatable bonds is 6. The number of nitrogens with one attached hydrogen (secondary N) is 2. The van der Waals surface area contributed by atoms with E-state index in [2.05, 4.69) is 15.1 Å². The molecule has 0 radical (unpaired) electrons. The Bertz CT molecular complexity index is 728. The van der Waals surface area contributed by atoms with Gasteiger partial charge in [0.25, 0.3) is 0 Å². The lowest BCUT2D eigenvalue weighted by molar-refractivity contribution is 0.577. The molecule has 1 heterocycles. The first-order valence-electron chi connectivity index (χ1n) is 6.33. The summed E-state index contributed by atoms with van der Waals surface area (Å²) in [6, 6.07) is 6.42. The molecule has 0 aliphatic heterocycles. The summed E-state index contributed by atoms with van der Waals surface area (Å²) in [4.78, 5) is 0.194. The molecule has 0 spiro atoms. The Morgan fingerprint density at radius 2 is 2.05 bits per heavy atom. The molecule has 2 rings (SSSR count). The molecule has 1 aromatic carbocycles. The third kappa shape index (κ3) is 3.82. The lowest BCUT2D eigenvalue weighted by Crippen LogP contribution is -2.24. The summed E-state index contributed by atoms with van der Waals surface area (Å²) >= 11 is 6.04. The Balaban J connectivity index is 2.19. The van der Waals surface area contributed by atoms with Gasteiger partial charge in [0.05, 0.1) is 17.1 Å². The van der Waals surface area contributed by atoms with Crippen LogP contribution in [0.2, 0.25) is 5.02 Å². The van der Waals surface area contributed by atoms with Crippen molar-refractivity contribution in [2.24, 2.45) is 7.05 Å². The van der Waals surface area contributed by atoms with E-state index in [9.17, 15) is 8.42 Å². The van der Waals surface area contributed by atoms with Crippen LogP contribution in [0, 0.1) is 0 Å². The highest BCUT2D eigenvalue weighted by atomic mass is 35.5. The Labute approximate surface area is 129 Å². The molecule has 0 aliphatic carbocycles. The van der Waals surface area contributed by atoms with E-state index in [0.29, 0.717) is 11.6 Å². The number of sulfonamides is 1. The van der Waals surface area contributed by atoms with Crippen molar-refractivity contribution in [3.8, 4) is 0 Å². The van der Waals surface area contributed by atoms with Gasteiger partial charge in [-0.15, -0.1) is 0 Å². The topological polar surface area (TPSA) is 76.0 Å². The summed E-state index contributed by atoms with van der Waals surface area (Å²) in [5.41, 5.74) is 1.52. The molecule has 0 atom stereocenters. The number of aryl methyl sites for hydroxylation is 1. The van der Waals surface area contributed by atoms with E-state index < -0.39 is 10.0 Å². The van der Waals surface area contributed by atoms with Crippen LogP contribution in [0.5, 0.6) is 0 Å². The van der Waals surface area contributed by atoms with Crippen molar-refractivity contribution in [2.45, 2.75) is 18.0 Å². The summed E-state index contributed by atoms with van der Waals surface area (Å²) in [6.07, 6.45) is 1.62. The molecule has 2 aromatic rings. The lowest BCUT2D eigenvalue weighted by Gasteiger charge is -2.10. The summed E-state index contributed by atoms with van der Waals surface area (Å²) in [5, 5.41) is 7.49. The SMILES string of the molecule is CNCc1cc(S(=O)(=O)NCc2ccnn2C)ccc1Cl. The van der Waals surface area contributed by atoms with Gasteiger partial charge in [0.1, 0.15) is 0 Å². The number of nitrogens with zero attached hydrogens (tertiary/aromatic N) is 2. The first-order valence-corrected chi connectivity index (χ1v) is 8.19. The van der Waals surface area contributed by atoms with E-state index in [0.717, 1.165) is 11.3 Å². The maximum Gasteiger partial charge on any atom is 0.240 e. The molecular formula is C13H17ClN4O2S. The van der Waals surface area contributed by atoms with Gasteiger partial charge in [-0.1, -0.05) is 11.6 Å². The van der Waals surface area contributed by atoms with Crippen molar-refractivity contribution < 1.29 is 8.42 Å². The number of aromatic nitrogens is 2. The molecule has 2 N–H and O–H groups in total. The van der Waals surface area contributed by atoms with Crippen LogP contribution in [0.15, 0.2) is 35.4 Å². The predicted molar refractivity (Wildman–Crippen MR) is 81.4 cm³/mol. The molecule has 0 fully saturated rings. The van der Waals surface area contributed by atoms with E-state index in [1.54, 1.807) is 43.2 Å². The Morgan fingerprint density at radius 1 is 1.29 bits per heavy atom. The molecule has 0 amide bonds. The maximum atomic E-state index is 12.3. The molecule has 0 bridgehead atoms. The quantitative estimate of drug-likeness (QED) is 0.837. The molecule has 21 heavy (non-hydrogen) atoms. The van der Waals surface area contributed by atoms with Crippen molar-refractivity contribution >= 4 is 21.6 Å². The van der Waals surface area contributed by atoms with Crippen LogP contribution in [-0.4, -0.2) is 25.2 Å². The number of hydrogen-bond donors (Lipinski definition) is 2. The highest BCUT2D eigenvalue weighted by Crippen LogP contribution is 2.20. The van der Waals surface area contributed by atoms with Gasteiger partial charge >= 0.3 is 0 Å². The van der Waals surface area contributed by atoms with Crippen molar-refractivity contribution in [3.63, 3.8) is 0 Å². The lowest BCUT2D eigenvalue weighted by atomic mass is 10.2. The Hall–Kier alpha value is -1.41. The van der Waals surface area contributed by atoms with Crippen molar-refractivity contribution in [3.05, 3.63) is 46.7 Å². The maximum absolute atomic E-state index is 12.3. The monoisotopic (exact) mass is 328 g/mol. The summed E-state index contributed by atoms with van der Waals surface area (Å²) < 4.78 is 28.8. The fourth-order valence-electron chi connectivity index (χ4n) is 1.87. The summed E-state index contributed by atoms with van der Waals surface area (Å²) in [7, 11) is -0.0514. The smallest absolute Gasteiger partial charge is 0.240 e.